The lowest BCUT2D eigenvalue weighted by atomic mass is 10.1. The zero-order valence-electron chi connectivity index (χ0n) is 17.2. The quantitative estimate of drug-likeness (QED) is 0.559. The van der Waals surface area contributed by atoms with Gasteiger partial charge in [0, 0.05) is 17.8 Å². The molecule has 1 aliphatic rings. The van der Waals surface area contributed by atoms with Gasteiger partial charge in [0.2, 0.25) is 11.8 Å². The highest BCUT2D eigenvalue weighted by Gasteiger charge is 2.34. The molecular formula is C25H23FN2O2S. The van der Waals surface area contributed by atoms with Crippen LogP contribution in [0.4, 0.5) is 15.8 Å². The van der Waals surface area contributed by atoms with Crippen LogP contribution in [0.3, 0.4) is 0 Å². The standard InChI is InChI=1S/C25H23FN2O2S/c1-17-10-12-21(15-22(17)26)28-24(30)16-31-25(28)19-8-5-9-20(14-19)27-23(29)13-11-18-6-3-2-4-7-18/h2-10,12,14-15,25H,11,13,16H2,1H3,(H,27,29)/t25-/m1/s1. The number of hydrogen-bond acceptors (Lipinski definition) is 3. The molecule has 0 saturated carbocycles. The van der Waals surface area contributed by atoms with Gasteiger partial charge in [-0.05, 0) is 54.3 Å². The molecule has 1 fully saturated rings. The molecule has 0 unspecified atom stereocenters. The first kappa shape index (κ1) is 21.1. The van der Waals surface area contributed by atoms with Crippen molar-refractivity contribution in [2.24, 2.45) is 0 Å². The van der Waals surface area contributed by atoms with Gasteiger partial charge in [-0.2, -0.15) is 0 Å². The second-order valence-corrected chi connectivity index (χ2v) is 8.59. The predicted octanol–water partition coefficient (Wildman–Crippen LogP) is 5.48. The van der Waals surface area contributed by atoms with E-state index in [0.29, 0.717) is 35.5 Å². The van der Waals surface area contributed by atoms with Gasteiger partial charge in [0.05, 0.1) is 5.75 Å². The fraction of sp³-hybridized carbons (Fsp3) is 0.200. The fourth-order valence-electron chi connectivity index (χ4n) is 3.58. The third-order valence-corrected chi connectivity index (χ3v) is 6.45. The maximum atomic E-state index is 14.1. The number of carbonyl (C=O) groups excluding carboxylic acids is 2. The van der Waals surface area contributed by atoms with Gasteiger partial charge in [-0.25, -0.2) is 4.39 Å². The lowest BCUT2D eigenvalue weighted by molar-refractivity contribution is -0.116. The highest BCUT2D eigenvalue weighted by atomic mass is 32.2. The number of carbonyl (C=O) groups is 2. The van der Waals surface area contributed by atoms with E-state index >= 15 is 0 Å². The van der Waals surface area contributed by atoms with Crippen LogP contribution in [0.2, 0.25) is 0 Å². The number of hydrogen-bond donors (Lipinski definition) is 1. The van der Waals surface area contributed by atoms with Crippen LogP contribution < -0.4 is 10.2 Å². The molecule has 31 heavy (non-hydrogen) atoms. The minimum atomic E-state index is -0.333. The van der Waals surface area contributed by atoms with Crippen LogP contribution in [0.15, 0.2) is 72.8 Å². The second-order valence-electron chi connectivity index (χ2n) is 7.52. The number of halogens is 1. The Labute approximate surface area is 185 Å². The van der Waals surface area contributed by atoms with Crippen LogP contribution in [0.1, 0.15) is 28.5 Å². The molecule has 1 atom stereocenters. The molecule has 0 bridgehead atoms. The van der Waals surface area contributed by atoms with E-state index in [4.69, 9.17) is 0 Å². The monoisotopic (exact) mass is 434 g/mol. The van der Waals surface area contributed by atoms with E-state index in [2.05, 4.69) is 5.32 Å². The molecule has 2 amide bonds. The minimum absolute atomic E-state index is 0.0597. The second kappa shape index (κ2) is 9.35. The van der Waals surface area contributed by atoms with Crippen LogP contribution in [0, 0.1) is 12.7 Å². The number of anilines is 2. The molecule has 0 spiro atoms. The van der Waals surface area contributed by atoms with Gasteiger partial charge in [-0.15, -0.1) is 11.8 Å². The molecule has 1 heterocycles. The average Bonchev–Trinajstić information content (AvgIpc) is 3.16. The molecule has 4 rings (SSSR count). The number of nitrogens with one attached hydrogen (secondary N) is 1. The summed E-state index contributed by atoms with van der Waals surface area (Å²) in [7, 11) is 0. The van der Waals surface area contributed by atoms with Gasteiger partial charge >= 0.3 is 0 Å². The van der Waals surface area contributed by atoms with Gasteiger partial charge < -0.3 is 5.32 Å². The van der Waals surface area contributed by atoms with E-state index in [-0.39, 0.29) is 23.0 Å². The Bertz CT molecular complexity index is 1100. The first-order valence-electron chi connectivity index (χ1n) is 10.1. The number of aryl methyl sites for hydroxylation is 2. The highest BCUT2D eigenvalue weighted by molar-refractivity contribution is 8.00. The van der Waals surface area contributed by atoms with Crippen molar-refractivity contribution >= 4 is 35.0 Å². The molecule has 1 aliphatic heterocycles. The van der Waals surface area contributed by atoms with Crippen LogP contribution in [-0.4, -0.2) is 17.6 Å². The molecule has 0 aromatic heterocycles. The third-order valence-electron chi connectivity index (χ3n) is 5.24. The molecule has 0 aliphatic carbocycles. The van der Waals surface area contributed by atoms with Crippen LogP contribution >= 0.6 is 11.8 Å². The molecule has 4 nitrogen and oxygen atoms in total. The van der Waals surface area contributed by atoms with Crippen molar-refractivity contribution < 1.29 is 14.0 Å². The molecule has 3 aromatic carbocycles. The lowest BCUT2D eigenvalue weighted by Crippen LogP contribution is -2.28. The van der Waals surface area contributed by atoms with Gasteiger partial charge in [-0.1, -0.05) is 48.5 Å². The smallest absolute Gasteiger partial charge is 0.238 e. The van der Waals surface area contributed by atoms with Crippen molar-refractivity contribution in [3.63, 3.8) is 0 Å². The van der Waals surface area contributed by atoms with E-state index in [1.807, 2.05) is 54.6 Å². The number of amides is 2. The van der Waals surface area contributed by atoms with Gasteiger partial charge in [0.1, 0.15) is 11.2 Å². The summed E-state index contributed by atoms with van der Waals surface area (Å²) in [5.74, 6) is -0.127. The fourth-order valence-corrected chi connectivity index (χ4v) is 4.74. The van der Waals surface area contributed by atoms with Crippen molar-refractivity contribution in [1.29, 1.82) is 0 Å². The van der Waals surface area contributed by atoms with Gasteiger partial charge in [0.15, 0.2) is 0 Å². The summed E-state index contributed by atoms with van der Waals surface area (Å²) >= 11 is 1.49. The molecular weight excluding hydrogens is 411 g/mol. The average molecular weight is 435 g/mol. The molecule has 0 radical (unpaired) electrons. The van der Waals surface area contributed by atoms with E-state index in [0.717, 1.165) is 11.1 Å². The maximum Gasteiger partial charge on any atom is 0.238 e. The Morgan fingerprint density at radius 1 is 1.10 bits per heavy atom. The van der Waals surface area contributed by atoms with Gasteiger partial charge in [0.25, 0.3) is 0 Å². The van der Waals surface area contributed by atoms with E-state index in [1.165, 1.54) is 17.8 Å². The van der Waals surface area contributed by atoms with Crippen molar-refractivity contribution in [2.45, 2.75) is 25.1 Å². The van der Waals surface area contributed by atoms with Crippen molar-refractivity contribution in [3.8, 4) is 0 Å². The largest absolute Gasteiger partial charge is 0.326 e. The molecule has 3 aromatic rings. The number of rotatable bonds is 6. The first-order valence-corrected chi connectivity index (χ1v) is 11.2. The van der Waals surface area contributed by atoms with Gasteiger partial charge in [-0.3, -0.25) is 14.5 Å². The minimum Gasteiger partial charge on any atom is -0.326 e. The number of nitrogens with zero attached hydrogens (tertiary/aromatic N) is 1. The van der Waals surface area contributed by atoms with Crippen LogP contribution in [-0.2, 0) is 16.0 Å². The summed E-state index contributed by atoms with van der Waals surface area (Å²) in [5.41, 5.74) is 3.77. The summed E-state index contributed by atoms with van der Waals surface area (Å²) in [6, 6.07) is 22.2. The Morgan fingerprint density at radius 3 is 2.68 bits per heavy atom. The maximum absolute atomic E-state index is 14.1. The van der Waals surface area contributed by atoms with Crippen molar-refractivity contribution in [2.75, 3.05) is 16.0 Å². The Hall–Kier alpha value is -3.12. The molecule has 1 N–H and O–H groups in total. The summed E-state index contributed by atoms with van der Waals surface area (Å²) in [4.78, 5) is 26.6. The van der Waals surface area contributed by atoms with E-state index in [9.17, 15) is 14.0 Å². The summed E-state index contributed by atoms with van der Waals surface area (Å²) < 4.78 is 14.1. The Kier molecular flexibility index (Phi) is 6.37. The predicted molar refractivity (Wildman–Crippen MR) is 124 cm³/mol. The summed E-state index contributed by atoms with van der Waals surface area (Å²) in [5, 5.41) is 2.68. The summed E-state index contributed by atoms with van der Waals surface area (Å²) in [6.45, 7) is 1.70. The highest BCUT2D eigenvalue weighted by Crippen LogP contribution is 2.42. The third kappa shape index (κ3) is 4.97. The first-order chi connectivity index (χ1) is 15.0. The SMILES string of the molecule is Cc1ccc(N2C(=O)CS[C@@H]2c2cccc(NC(=O)CCc3ccccc3)c2)cc1F. The van der Waals surface area contributed by atoms with Crippen LogP contribution in [0.5, 0.6) is 0 Å². The zero-order valence-corrected chi connectivity index (χ0v) is 18.0. The normalized spacial score (nSPS) is 15.9. The summed E-state index contributed by atoms with van der Waals surface area (Å²) in [6.07, 6.45) is 1.06. The topological polar surface area (TPSA) is 49.4 Å². The lowest BCUT2D eigenvalue weighted by Gasteiger charge is -2.25. The van der Waals surface area contributed by atoms with Crippen molar-refractivity contribution in [1.82, 2.24) is 0 Å². The molecule has 6 heteroatoms. The molecule has 1 saturated heterocycles. The zero-order chi connectivity index (χ0) is 21.8. The van der Waals surface area contributed by atoms with Crippen molar-refractivity contribution in [3.05, 3.63) is 95.3 Å². The Morgan fingerprint density at radius 2 is 1.90 bits per heavy atom. The number of benzene rings is 3. The number of thioether (sulfide) groups is 1. The Balaban J connectivity index is 1.48. The van der Waals surface area contributed by atoms with Crippen LogP contribution in [0.25, 0.3) is 0 Å². The molecule has 158 valence electrons. The van der Waals surface area contributed by atoms with E-state index < -0.39 is 0 Å². The van der Waals surface area contributed by atoms with E-state index in [1.54, 1.807) is 24.0 Å².